The van der Waals surface area contributed by atoms with Gasteiger partial charge in [0, 0.05) is 6.04 Å². The number of ether oxygens (including phenoxy) is 1. The Labute approximate surface area is 121 Å². The van der Waals surface area contributed by atoms with E-state index in [-0.39, 0.29) is 18.1 Å². The van der Waals surface area contributed by atoms with Crippen molar-refractivity contribution in [3.8, 4) is 5.75 Å². The smallest absolute Gasteiger partial charge is 0.238 e. The van der Waals surface area contributed by atoms with Gasteiger partial charge in [-0.05, 0) is 30.5 Å². The fourth-order valence-electron chi connectivity index (χ4n) is 2.69. The number of methoxy groups -OCH3 is 1. The zero-order chi connectivity index (χ0) is 14.7. The van der Waals surface area contributed by atoms with Crippen LogP contribution in [0.25, 0.3) is 0 Å². The maximum absolute atomic E-state index is 12.2. The molecule has 1 fully saturated rings. The number of carbonyl (C=O) groups excluding carboxylic acids is 1. The van der Waals surface area contributed by atoms with Gasteiger partial charge in [-0.15, -0.1) is 0 Å². The number of hydrogen-bond acceptors (Lipinski definition) is 3. The van der Waals surface area contributed by atoms with Crippen molar-refractivity contribution in [3.63, 3.8) is 0 Å². The van der Waals surface area contributed by atoms with E-state index in [2.05, 4.69) is 26.1 Å². The van der Waals surface area contributed by atoms with Gasteiger partial charge < -0.3 is 9.64 Å². The van der Waals surface area contributed by atoms with Gasteiger partial charge in [-0.2, -0.15) is 0 Å². The van der Waals surface area contributed by atoms with Crippen LogP contribution in [0.15, 0.2) is 24.3 Å². The molecule has 4 heteroatoms. The molecule has 1 aromatic carbocycles. The highest BCUT2D eigenvalue weighted by Gasteiger charge is 2.36. The third-order valence-electron chi connectivity index (χ3n) is 4.33. The number of carbonyl (C=O) groups is 1. The highest BCUT2D eigenvalue weighted by Crippen LogP contribution is 2.30. The van der Waals surface area contributed by atoms with Crippen molar-refractivity contribution < 1.29 is 9.53 Å². The molecule has 1 aromatic rings. The van der Waals surface area contributed by atoms with Crippen LogP contribution in [0.5, 0.6) is 5.75 Å². The average molecular weight is 276 g/mol. The van der Waals surface area contributed by atoms with Crippen LogP contribution < -0.4 is 10.1 Å². The number of rotatable bonds is 5. The second kappa shape index (κ2) is 6.27. The summed E-state index contributed by atoms with van der Waals surface area (Å²) in [7, 11) is 1.66. The van der Waals surface area contributed by atoms with Crippen molar-refractivity contribution in [2.24, 2.45) is 5.92 Å². The summed E-state index contributed by atoms with van der Waals surface area (Å²) in [6.07, 6.45) is 1.01. The number of nitrogens with one attached hydrogen (secondary N) is 1. The summed E-state index contributed by atoms with van der Waals surface area (Å²) in [5.74, 6) is 1.47. The molecule has 4 nitrogen and oxygen atoms in total. The van der Waals surface area contributed by atoms with Gasteiger partial charge in [0.1, 0.15) is 11.9 Å². The van der Waals surface area contributed by atoms with E-state index in [1.165, 1.54) is 0 Å². The van der Waals surface area contributed by atoms with Crippen molar-refractivity contribution in [1.29, 1.82) is 0 Å². The standard InChI is InChI=1S/C16H24N2O2/c1-5-11(2)12(3)18-15(19)10-17-16(18)13-7-6-8-14(9-13)20-4/h6-9,11-12,16-17H,5,10H2,1-4H3. The van der Waals surface area contributed by atoms with Crippen LogP contribution in [0.4, 0.5) is 0 Å². The maximum atomic E-state index is 12.2. The predicted molar refractivity (Wildman–Crippen MR) is 79.5 cm³/mol. The molecule has 3 unspecified atom stereocenters. The maximum Gasteiger partial charge on any atom is 0.238 e. The largest absolute Gasteiger partial charge is 0.497 e. The molecule has 1 N–H and O–H groups in total. The molecule has 1 aliphatic rings. The van der Waals surface area contributed by atoms with E-state index in [0.29, 0.717) is 12.5 Å². The highest BCUT2D eigenvalue weighted by molar-refractivity contribution is 5.81. The minimum absolute atomic E-state index is 0.0541. The van der Waals surface area contributed by atoms with E-state index >= 15 is 0 Å². The van der Waals surface area contributed by atoms with Crippen LogP contribution in [0.3, 0.4) is 0 Å². The van der Waals surface area contributed by atoms with E-state index in [9.17, 15) is 4.79 Å². The zero-order valence-corrected chi connectivity index (χ0v) is 12.7. The fourth-order valence-corrected chi connectivity index (χ4v) is 2.69. The Morgan fingerprint density at radius 2 is 2.20 bits per heavy atom. The highest BCUT2D eigenvalue weighted by atomic mass is 16.5. The molecule has 1 saturated heterocycles. The van der Waals surface area contributed by atoms with Crippen molar-refractivity contribution in [3.05, 3.63) is 29.8 Å². The van der Waals surface area contributed by atoms with Crippen molar-refractivity contribution in [1.82, 2.24) is 10.2 Å². The molecule has 0 radical (unpaired) electrons. The molecule has 20 heavy (non-hydrogen) atoms. The Morgan fingerprint density at radius 1 is 1.45 bits per heavy atom. The fraction of sp³-hybridized carbons (Fsp3) is 0.562. The van der Waals surface area contributed by atoms with Crippen molar-refractivity contribution in [2.45, 2.75) is 39.4 Å². The quantitative estimate of drug-likeness (QED) is 0.898. The summed E-state index contributed by atoms with van der Waals surface area (Å²) in [5.41, 5.74) is 1.07. The van der Waals surface area contributed by atoms with Gasteiger partial charge >= 0.3 is 0 Å². The lowest BCUT2D eigenvalue weighted by Crippen LogP contribution is -2.41. The molecule has 2 rings (SSSR count). The molecule has 3 atom stereocenters. The van der Waals surface area contributed by atoms with E-state index < -0.39 is 0 Å². The monoisotopic (exact) mass is 276 g/mol. The summed E-state index contributed by atoms with van der Waals surface area (Å²) in [6.45, 7) is 6.89. The van der Waals surface area contributed by atoms with Gasteiger partial charge in [0.15, 0.2) is 0 Å². The van der Waals surface area contributed by atoms with E-state index in [4.69, 9.17) is 4.74 Å². The SMILES string of the molecule is CCC(C)C(C)N1C(=O)CNC1c1cccc(OC)c1. The molecular weight excluding hydrogens is 252 g/mol. The summed E-state index contributed by atoms with van der Waals surface area (Å²) in [5, 5.41) is 3.30. The Bertz CT molecular complexity index is 475. The van der Waals surface area contributed by atoms with Crippen LogP contribution >= 0.6 is 0 Å². The van der Waals surface area contributed by atoms with E-state index in [1.54, 1.807) is 7.11 Å². The lowest BCUT2D eigenvalue weighted by atomic mass is 9.98. The molecule has 0 aromatic heterocycles. The first kappa shape index (κ1) is 14.9. The predicted octanol–water partition coefficient (Wildman–Crippen LogP) is 2.56. The molecule has 1 aliphatic heterocycles. The molecule has 1 heterocycles. The lowest BCUT2D eigenvalue weighted by Gasteiger charge is -2.34. The summed E-state index contributed by atoms with van der Waals surface area (Å²) >= 11 is 0. The minimum atomic E-state index is -0.0541. The second-order valence-electron chi connectivity index (χ2n) is 5.49. The zero-order valence-electron chi connectivity index (χ0n) is 12.7. The number of hydrogen-bond donors (Lipinski definition) is 1. The van der Waals surface area contributed by atoms with Crippen molar-refractivity contribution >= 4 is 5.91 Å². The third kappa shape index (κ3) is 2.80. The Morgan fingerprint density at radius 3 is 2.85 bits per heavy atom. The number of amides is 1. The Hall–Kier alpha value is -1.55. The van der Waals surface area contributed by atoms with Gasteiger partial charge in [-0.3, -0.25) is 10.1 Å². The van der Waals surface area contributed by atoms with E-state index in [1.807, 2.05) is 29.2 Å². The Kier molecular flexibility index (Phi) is 4.65. The van der Waals surface area contributed by atoms with Crippen LogP contribution in [-0.2, 0) is 4.79 Å². The Balaban J connectivity index is 2.27. The molecule has 110 valence electrons. The van der Waals surface area contributed by atoms with Crippen molar-refractivity contribution in [2.75, 3.05) is 13.7 Å². The molecular formula is C16H24N2O2. The summed E-state index contributed by atoms with van der Waals surface area (Å²) in [4.78, 5) is 14.2. The third-order valence-corrected chi connectivity index (χ3v) is 4.33. The van der Waals surface area contributed by atoms with Gasteiger partial charge in [0.2, 0.25) is 5.91 Å². The first-order valence-electron chi connectivity index (χ1n) is 7.27. The minimum Gasteiger partial charge on any atom is -0.497 e. The summed E-state index contributed by atoms with van der Waals surface area (Å²) < 4.78 is 5.27. The van der Waals surface area contributed by atoms with Gasteiger partial charge in [0.05, 0.1) is 13.7 Å². The molecule has 0 bridgehead atoms. The normalized spacial score (nSPS) is 21.9. The first-order valence-corrected chi connectivity index (χ1v) is 7.27. The van der Waals surface area contributed by atoms with Crippen LogP contribution in [0, 0.1) is 5.92 Å². The molecule has 0 spiro atoms. The lowest BCUT2D eigenvalue weighted by molar-refractivity contribution is -0.131. The topological polar surface area (TPSA) is 41.6 Å². The average Bonchev–Trinajstić information content (AvgIpc) is 2.87. The van der Waals surface area contributed by atoms with Crippen LogP contribution in [-0.4, -0.2) is 30.5 Å². The van der Waals surface area contributed by atoms with E-state index in [0.717, 1.165) is 17.7 Å². The first-order chi connectivity index (χ1) is 9.58. The van der Waals surface area contributed by atoms with Crippen LogP contribution in [0.1, 0.15) is 38.9 Å². The number of benzene rings is 1. The molecule has 1 amide bonds. The second-order valence-corrected chi connectivity index (χ2v) is 5.49. The molecule has 0 saturated carbocycles. The molecule has 0 aliphatic carbocycles. The number of nitrogens with zero attached hydrogens (tertiary/aromatic N) is 1. The summed E-state index contributed by atoms with van der Waals surface area (Å²) in [6, 6.07) is 8.13. The van der Waals surface area contributed by atoms with Gasteiger partial charge in [0.25, 0.3) is 0 Å². The van der Waals surface area contributed by atoms with Gasteiger partial charge in [-0.25, -0.2) is 0 Å². The van der Waals surface area contributed by atoms with Crippen LogP contribution in [0.2, 0.25) is 0 Å². The van der Waals surface area contributed by atoms with Gasteiger partial charge in [-0.1, -0.05) is 32.4 Å².